The lowest BCUT2D eigenvalue weighted by atomic mass is 9.91. The third kappa shape index (κ3) is 4.49. The van der Waals surface area contributed by atoms with Gasteiger partial charge in [-0.2, -0.15) is 5.10 Å². The molecule has 1 atom stereocenters. The molecule has 182 valence electrons. The Kier molecular flexibility index (Phi) is 6.84. The molecule has 1 saturated carbocycles. The van der Waals surface area contributed by atoms with Crippen LogP contribution in [0, 0.1) is 6.92 Å². The number of rotatable bonds is 5. The number of carbonyl (C=O) groups is 3. The van der Waals surface area contributed by atoms with Crippen molar-refractivity contribution in [1.82, 2.24) is 15.1 Å². The van der Waals surface area contributed by atoms with Gasteiger partial charge in [-0.25, -0.2) is 4.79 Å². The van der Waals surface area contributed by atoms with Crippen molar-refractivity contribution in [3.63, 3.8) is 0 Å². The molecule has 2 amide bonds. The van der Waals surface area contributed by atoms with Crippen LogP contribution in [0.1, 0.15) is 78.4 Å². The second-order valence-electron chi connectivity index (χ2n) is 9.36. The zero-order valence-electron chi connectivity index (χ0n) is 19.3. The molecule has 34 heavy (non-hydrogen) atoms. The van der Waals surface area contributed by atoms with Crippen molar-refractivity contribution < 1.29 is 23.8 Å². The first-order valence-electron chi connectivity index (χ1n) is 11.6. The Morgan fingerprint density at radius 3 is 2.50 bits per heavy atom. The Bertz CT molecular complexity index is 1110. The molecule has 0 saturated heterocycles. The van der Waals surface area contributed by atoms with E-state index < -0.39 is 17.4 Å². The van der Waals surface area contributed by atoms with Crippen molar-refractivity contribution in [3.05, 3.63) is 41.2 Å². The first-order chi connectivity index (χ1) is 16.2. The van der Waals surface area contributed by atoms with Gasteiger partial charge < -0.3 is 14.7 Å². The molecule has 0 spiro atoms. The smallest absolute Gasteiger partial charge is 0.356 e. The number of anilines is 1. The molecule has 2 heterocycles. The summed E-state index contributed by atoms with van der Waals surface area (Å²) < 4.78 is 6.32. The van der Waals surface area contributed by atoms with E-state index in [-0.39, 0.29) is 35.6 Å². The van der Waals surface area contributed by atoms with Crippen LogP contribution in [0.5, 0.6) is 5.75 Å². The number of aromatic carboxylic acids is 1. The van der Waals surface area contributed by atoms with E-state index in [4.69, 9.17) is 16.2 Å². The van der Waals surface area contributed by atoms with Crippen LogP contribution in [0.3, 0.4) is 0 Å². The SMILES string of the molecule is Cc1ccc(OCl)c(N2C(=O)c3cc(C(=O)O)nn3CC2(C)C(=O)NC2CCCCCCC2)c1. The van der Waals surface area contributed by atoms with Crippen molar-refractivity contribution >= 4 is 35.3 Å². The van der Waals surface area contributed by atoms with Crippen LogP contribution < -0.4 is 14.5 Å². The number of aromatic nitrogens is 2. The number of nitrogens with one attached hydrogen (secondary N) is 1. The fraction of sp³-hybridized carbons (Fsp3) is 0.500. The standard InChI is InChI=1S/C24H29ClN4O5/c1-15-10-11-20(34-25)18(12-15)29-21(30)19-13-17(22(31)32)27-28(19)14-24(29,2)23(33)26-16-8-6-4-3-5-7-9-16/h10-13,16H,3-9,14H2,1-2H3,(H,26,33)(H,31,32). The van der Waals surface area contributed by atoms with Gasteiger partial charge in [0.2, 0.25) is 5.91 Å². The van der Waals surface area contributed by atoms with Gasteiger partial charge in [-0.15, -0.1) is 0 Å². The first kappa shape index (κ1) is 24.1. The molecule has 1 unspecified atom stereocenters. The third-order valence-corrected chi connectivity index (χ3v) is 6.91. The highest BCUT2D eigenvalue weighted by atomic mass is 35.5. The average Bonchev–Trinajstić information content (AvgIpc) is 3.20. The summed E-state index contributed by atoms with van der Waals surface area (Å²) >= 11 is 5.73. The molecule has 1 fully saturated rings. The van der Waals surface area contributed by atoms with E-state index in [9.17, 15) is 19.5 Å². The summed E-state index contributed by atoms with van der Waals surface area (Å²) in [4.78, 5) is 40.4. The van der Waals surface area contributed by atoms with Crippen LogP contribution in [0.25, 0.3) is 0 Å². The number of carboxylic acids is 1. The number of hydrogen-bond donors (Lipinski definition) is 2. The van der Waals surface area contributed by atoms with E-state index in [0.29, 0.717) is 5.69 Å². The number of carboxylic acid groups (broad SMARTS) is 1. The monoisotopic (exact) mass is 488 g/mol. The summed E-state index contributed by atoms with van der Waals surface area (Å²) in [5.74, 6) is -1.91. The molecule has 0 radical (unpaired) electrons. The predicted octanol–water partition coefficient (Wildman–Crippen LogP) is 4.07. The van der Waals surface area contributed by atoms with Gasteiger partial charge in [0.25, 0.3) is 5.91 Å². The largest absolute Gasteiger partial charge is 0.476 e. The maximum Gasteiger partial charge on any atom is 0.356 e. The number of hydrogen-bond acceptors (Lipinski definition) is 5. The predicted molar refractivity (Wildman–Crippen MR) is 126 cm³/mol. The van der Waals surface area contributed by atoms with Gasteiger partial charge in [0.15, 0.2) is 11.4 Å². The maximum atomic E-state index is 13.8. The van der Waals surface area contributed by atoms with Crippen molar-refractivity contribution in [2.24, 2.45) is 0 Å². The second kappa shape index (κ2) is 9.66. The van der Waals surface area contributed by atoms with Crippen LogP contribution in [0.2, 0.25) is 0 Å². The van der Waals surface area contributed by atoms with Gasteiger partial charge >= 0.3 is 5.97 Å². The number of carbonyl (C=O) groups excluding carboxylic acids is 2. The molecule has 1 aliphatic carbocycles. The lowest BCUT2D eigenvalue weighted by Crippen LogP contribution is -2.65. The molecule has 1 aromatic carbocycles. The zero-order valence-corrected chi connectivity index (χ0v) is 20.1. The lowest BCUT2D eigenvalue weighted by molar-refractivity contribution is -0.127. The summed E-state index contributed by atoms with van der Waals surface area (Å²) in [6.07, 6.45) is 7.34. The number of benzene rings is 1. The Morgan fingerprint density at radius 2 is 1.85 bits per heavy atom. The molecule has 10 heteroatoms. The average molecular weight is 489 g/mol. The molecule has 2 aromatic rings. The summed E-state index contributed by atoms with van der Waals surface area (Å²) in [7, 11) is 0. The molecule has 9 nitrogen and oxygen atoms in total. The van der Waals surface area contributed by atoms with Gasteiger partial charge in [-0.05, 0) is 44.4 Å². The van der Waals surface area contributed by atoms with Gasteiger partial charge in [-0.3, -0.25) is 19.2 Å². The molecule has 2 N–H and O–H groups in total. The Morgan fingerprint density at radius 1 is 1.18 bits per heavy atom. The summed E-state index contributed by atoms with van der Waals surface area (Å²) in [6.45, 7) is 3.50. The van der Waals surface area contributed by atoms with E-state index in [1.165, 1.54) is 22.1 Å². The highest BCUT2D eigenvalue weighted by Gasteiger charge is 2.50. The number of nitrogens with zero attached hydrogens (tertiary/aromatic N) is 3. The number of amides is 2. The van der Waals surface area contributed by atoms with Crippen molar-refractivity contribution in [1.29, 1.82) is 0 Å². The molecule has 4 rings (SSSR count). The number of halogens is 1. The molecule has 1 aliphatic heterocycles. The summed E-state index contributed by atoms with van der Waals surface area (Å²) in [5, 5.41) is 16.6. The first-order valence-corrected chi connectivity index (χ1v) is 11.9. The highest BCUT2D eigenvalue weighted by Crippen LogP contribution is 2.39. The lowest BCUT2D eigenvalue weighted by Gasteiger charge is -2.44. The van der Waals surface area contributed by atoms with Crippen LogP contribution in [-0.4, -0.2) is 44.3 Å². The van der Waals surface area contributed by atoms with E-state index in [2.05, 4.69) is 10.4 Å². The van der Waals surface area contributed by atoms with Crippen LogP contribution in [0.15, 0.2) is 24.3 Å². The van der Waals surface area contributed by atoms with Gasteiger partial charge in [0, 0.05) is 12.1 Å². The number of fused-ring (bicyclic) bond motifs is 1. The van der Waals surface area contributed by atoms with Gasteiger partial charge in [0.1, 0.15) is 23.1 Å². The molecule has 0 bridgehead atoms. The normalized spacial score (nSPS) is 21.4. The van der Waals surface area contributed by atoms with Crippen LogP contribution >= 0.6 is 11.9 Å². The zero-order chi connectivity index (χ0) is 24.5. The van der Waals surface area contributed by atoms with E-state index in [1.807, 2.05) is 6.92 Å². The minimum atomic E-state index is -1.40. The summed E-state index contributed by atoms with van der Waals surface area (Å²) in [5.41, 5.74) is -0.402. The van der Waals surface area contributed by atoms with Crippen molar-refractivity contribution in [2.75, 3.05) is 4.90 Å². The fourth-order valence-electron chi connectivity index (χ4n) is 4.87. The molecular weight excluding hydrogens is 460 g/mol. The third-order valence-electron chi connectivity index (χ3n) is 6.74. The fourth-order valence-corrected chi connectivity index (χ4v) is 5.00. The highest BCUT2D eigenvalue weighted by molar-refractivity contribution is 6.14. The van der Waals surface area contributed by atoms with E-state index >= 15 is 0 Å². The minimum Gasteiger partial charge on any atom is -0.476 e. The molecule has 1 aromatic heterocycles. The van der Waals surface area contributed by atoms with Crippen LogP contribution in [0.4, 0.5) is 5.69 Å². The quantitative estimate of drug-likeness (QED) is 0.655. The Hall–Kier alpha value is -3.07. The summed E-state index contributed by atoms with van der Waals surface area (Å²) in [6, 6.07) is 6.37. The van der Waals surface area contributed by atoms with E-state index in [0.717, 1.165) is 44.1 Å². The molecule has 2 aliphatic rings. The topological polar surface area (TPSA) is 114 Å². The second-order valence-corrected chi connectivity index (χ2v) is 9.51. The Labute approximate surface area is 203 Å². The van der Waals surface area contributed by atoms with Gasteiger partial charge in [-0.1, -0.05) is 38.2 Å². The molecular formula is C24H29ClN4O5. The van der Waals surface area contributed by atoms with Crippen molar-refractivity contribution in [3.8, 4) is 5.75 Å². The van der Waals surface area contributed by atoms with Gasteiger partial charge in [0.05, 0.1) is 12.2 Å². The van der Waals surface area contributed by atoms with E-state index in [1.54, 1.807) is 25.1 Å². The maximum absolute atomic E-state index is 13.8. The minimum absolute atomic E-state index is 0.0106. The van der Waals surface area contributed by atoms with Crippen molar-refractivity contribution in [2.45, 2.75) is 76.9 Å². The number of aryl methyl sites for hydroxylation is 1. The Balaban J connectivity index is 1.78. The van der Waals surface area contributed by atoms with Crippen LogP contribution in [-0.2, 0) is 11.3 Å².